The molecule has 222 valence electrons. The van der Waals surface area contributed by atoms with E-state index in [1.807, 2.05) is 13.8 Å². The Kier molecular flexibility index (Phi) is 8.17. The smallest absolute Gasteiger partial charge is 0.427 e. The van der Waals surface area contributed by atoms with Crippen LogP contribution in [0.25, 0.3) is 0 Å². The number of allylic oxidation sites excluding steroid dienone is 1. The molecular formula is C23H25N9O7S3. The van der Waals surface area contributed by atoms with Gasteiger partial charge in [0.25, 0.3) is 11.8 Å². The standard InChI is InChI=1S/C23H25N9O7S3/c1-9(2)11-4-14(32-13(25-11)5-30(29-32)23(37)38)40-6-10-7-41-20-16(19(34)31(20)17(10)21(35)36)27-18(33)15(28-39-3)12-8-42-22(24)26-12/h4-5,8-9,16,20,29H,6-7H2,1-3H3,(H2,24,26)(H,27,33)(H,35,36)(H,37,38)/b28-15-/t16-,20-/m1/s1. The first-order chi connectivity index (χ1) is 20.0. The lowest BCUT2D eigenvalue weighted by Crippen LogP contribution is -2.71. The molecule has 5 heterocycles. The van der Waals surface area contributed by atoms with Crippen LogP contribution >= 0.6 is 34.9 Å². The fraction of sp³-hybridized carbons (Fsp3) is 0.348. The molecule has 0 spiro atoms. The van der Waals surface area contributed by atoms with Crippen LogP contribution in [0.4, 0.5) is 9.93 Å². The number of thioether (sulfide) groups is 2. The van der Waals surface area contributed by atoms with Gasteiger partial charge in [-0.15, -0.1) is 40.4 Å². The van der Waals surface area contributed by atoms with E-state index in [1.165, 1.54) is 52.1 Å². The number of aliphatic carboxylic acids is 1. The number of rotatable bonds is 9. The van der Waals surface area contributed by atoms with Gasteiger partial charge in [0.1, 0.15) is 29.9 Å². The number of carbonyl (C=O) groups excluding carboxylic acids is 2. The van der Waals surface area contributed by atoms with E-state index < -0.39 is 35.3 Å². The van der Waals surface area contributed by atoms with Crippen LogP contribution in [-0.4, -0.2) is 95.4 Å². The van der Waals surface area contributed by atoms with E-state index in [0.717, 1.165) is 22.1 Å². The van der Waals surface area contributed by atoms with Crippen molar-refractivity contribution in [2.45, 2.75) is 25.3 Å². The third kappa shape index (κ3) is 5.42. The molecule has 1 fully saturated rings. The summed E-state index contributed by atoms with van der Waals surface area (Å²) in [5.41, 5.74) is 9.48. The fourth-order valence-electron chi connectivity index (χ4n) is 4.31. The molecule has 1 saturated heterocycles. The number of aromatic nitrogens is 1. The number of thiazole rings is 1. The summed E-state index contributed by atoms with van der Waals surface area (Å²) < 4.78 is 0. The lowest BCUT2D eigenvalue weighted by molar-refractivity contribution is -0.150. The molecular weight excluding hydrogens is 611 g/mol. The molecule has 2 atom stereocenters. The summed E-state index contributed by atoms with van der Waals surface area (Å²) in [6.45, 7) is 3.91. The summed E-state index contributed by atoms with van der Waals surface area (Å²) in [5, 5.41) is 29.9. The van der Waals surface area contributed by atoms with E-state index in [1.54, 1.807) is 6.08 Å². The summed E-state index contributed by atoms with van der Waals surface area (Å²) in [5.74, 6) is -1.65. The highest BCUT2D eigenvalue weighted by molar-refractivity contribution is 8.03. The Labute approximate surface area is 250 Å². The van der Waals surface area contributed by atoms with Gasteiger partial charge in [-0.3, -0.25) is 14.5 Å². The molecule has 16 nitrogen and oxygen atoms in total. The highest BCUT2D eigenvalue weighted by Crippen LogP contribution is 2.42. The number of β-lactam (4-membered cyclic amide) rings is 1. The largest absolute Gasteiger partial charge is 0.477 e. The number of oxime groups is 1. The minimum Gasteiger partial charge on any atom is -0.477 e. The van der Waals surface area contributed by atoms with Crippen LogP contribution in [0.3, 0.4) is 0 Å². The number of hydrazine groups is 2. The molecule has 3 amide bonds. The normalized spacial score (nSPS) is 21.8. The van der Waals surface area contributed by atoms with Gasteiger partial charge in [0, 0.05) is 22.6 Å². The lowest BCUT2D eigenvalue weighted by Gasteiger charge is -2.49. The van der Waals surface area contributed by atoms with E-state index >= 15 is 0 Å². The Hall–Kier alpha value is -4.07. The fourth-order valence-corrected chi connectivity index (χ4v) is 7.37. The predicted molar refractivity (Wildman–Crippen MR) is 155 cm³/mol. The summed E-state index contributed by atoms with van der Waals surface area (Å²) in [7, 11) is 1.26. The van der Waals surface area contributed by atoms with Crippen molar-refractivity contribution in [2.75, 3.05) is 24.3 Å². The minimum atomic E-state index is -1.27. The van der Waals surface area contributed by atoms with Gasteiger partial charge in [-0.05, 0) is 17.6 Å². The second-order valence-corrected chi connectivity index (χ2v) is 12.3. The third-order valence-corrected chi connectivity index (χ3v) is 9.41. The Morgan fingerprint density at radius 3 is 2.74 bits per heavy atom. The number of amides is 3. The highest BCUT2D eigenvalue weighted by Gasteiger charge is 2.54. The molecule has 42 heavy (non-hydrogen) atoms. The first kappa shape index (κ1) is 29.4. The maximum atomic E-state index is 13.2. The van der Waals surface area contributed by atoms with Gasteiger partial charge in [0.05, 0.1) is 11.2 Å². The molecule has 0 bridgehead atoms. The van der Waals surface area contributed by atoms with Crippen LogP contribution in [0.15, 0.2) is 49.9 Å². The molecule has 0 radical (unpaired) electrons. The lowest BCUT2D eigenvalue weighted by atomic mass is 10.0. The van der Waals surface area contributed by atoms with Crippen molar-refractivity contribution < 1.29 is 34.2 Å². The Balaban J connectivity index is 1.32. The molecule has 19 heteroatoms. The zero-order valence-electron chi connectivity index (χ0n) is 22.3. The predicted octanol–water partition coefficient (Wildman–Crippen LogP) is 1.01. The third-order valence-electron chi connectivity index (χ3n) is 6.31. The molecule has 5 rings (SSSR count). The van der Waals surface area contributed by atoms with Crippen molar-refractivity contribution in [1.29, 1.82) is 0 Å². The van der Waals surface area contributed by atoms with Gasteiger partial charge in [-0.25, -0.2) is 24.6 Å². The van der Waals surface area contributed by atoms with E-state index in [-0.39, 0.29) is 39.7 Å². The number of carboxylic acid groups (broad SMARTS) is 2. The molecule has 1 aromatic heterocycles. The van der Waals surface area contributed by atoms with Crippen LogP contribution in [0, 0.1) is 5.92 Å². The minimum absolute atomic E-state index is 0.0514. The van der Waals surface area contributed by atoms with Crippen LogP contribution in [0.1, 0.15) is 19.5 Å². The van der Waals surface area contributed by atoms with Crippen LogP contribution in [0.2, 0.25) is 0 Å². The van der Waals surface area contributed by atoms with Crippen LogP contribution in [-0.2, 0) is 19.2 Å². The quantitative estimate of drug-likeness (QED) is 0.146. The zero-order chi connectivity index (χ0) is 30.3. The molecule has 0 saturated carbocycles. The van der Waals surface area contributed by atoms with Gasteiger partial charge < -0.3 is 26.1 Å². The summed E-state index contributed by atoms with van der Waals surface area (Å²) >= 11 is 3.71. The number of hydrogen-bond acceptors (Lipinski definition) is 14. The summed E-state index contributed by atoms with van der Waals surface area (Å²) in [6, 6.07) is -0.988. The number of carboxylic acids is 1. The summed E-state index contributed by atoms with van der Waals surface area (Å²) in [4.78, 5) is 64.5. The number of fused-ring (bicyclic) bond motifs is 2. The van der Waals surface area contributed by atoms with Crippen molar-refractivity contribution >= 4 is 75.3 Å². The average Bonchev–Trinajstić information content (AvgIpc) is 3.58. The first-order valence-corrected chi connectivity index (χ1v) is 15.2. The molecule has 4 aliphatic rings. The van der Waals surface area contributed by atoms with Crippen LogP contribution < -0.4 is 16.6 Å². The molecule has 1 aromatic rings. The second kappa shape index (κ2) is 11.7. The monoisotopic (exact) mass is 635 g/mol. The number of hydrogen-bond donors (Lipinski definition) is 5. The second-order valence-electron chi connectivity index (χ2n) is 9.35. The number of nitrogens with one attached hydrogen (secondary N) is 2. The number of carbonyl (C=O) groups is 4. The SMILES string of the molecule is CO/N=C(\C(=O)N[C@@H]1C(=O)N2C(C(=O)O)=C(CSC3=CC(C(C)C)=NC4=CN(C(=O)O)NN43)CS[C@H]12)c1csc(N)n1. The van der Waals surface area contributed by atoms with Gasteiger partial charge >= 0.3 is 12.1 Å². The van der Waals surface area contributed by atoms with Crippen molar-refractivity contribution in [3.63, 3.8) is 0 Å². The number of aliphatic imine (C=N–C) groups is 1. The number of nitrogens with two attached hydrogens (primary N) is 1. The topological polar surface area (TPSA) is 215 Å². The Morgan fingerprint density at radius 2 is 2.12 bits per heavy atom. The molecule has 4 aliphatic heterocycles. The molecule has 6 N–H and O–H groups in total. The van der Waals surface area contributed by atoms with Crippen LogP contribution in [0.5, 0.6) is 0 Å². The van der Waals surface area contributed by atoms with Crippen molar-refractivity contribution in [3.05, 3.63) is 45.5 Å². The zero-order valence-corrected chi connectivity index (χ0v) is 24.7. The number of nitrogen functional groups attached to an aromatic ring is 1. The van der Waals surface area contributed by atoms with Gasteiger partial charge in [-0.2, -0.15) is 5.01 Å². The Morgan fingerprint density at radius 1 is 1.36 bits per heavy atom. The molecule has 0 aliphatic carbocycles. The first-order valence-electron chi connectivity index (χ1n) is 12.3. The van der Waals surface area contributed by atoms with E-state index in [0.29, 0.717) is 16.4 Å². The van der Waals surface area contributed by atoms with Crippen molar-refractivity contribution in [3.8, 4) is 0 Å². The molecule has 0 unspecified atom stereocenters. The van der Waals surface area contributed by atoms with Gasteiger partial charge in [-0.1, -0.05) is 19.0 Å². The average molecular weight is 636 g/mol. The van der Waals surface area contributed by atoms with Gasteiger partial charge in [0.15, 0.2) is 16.7 Å². The van der Waals surface area contributed by atoms with E-state index in [4.69, 9.17) is 10.6 Å². The summed E-state index contributed by atoms with van der Waals surface area (Å²) in [6.07, 6.45) is 1.93. The van der Waals surface area contributed by atoms with Crippen molar-refractivity contribution in [2.24, 2.45) is 16.1 Å². The molecule has 0 aromatic carbocycles. The highest BCUT2D eigenvalue weighted by atomic mass is 32.2. The maximum Gasteiger partial charge on any atom is 0.427 e. The van der Waals surface area contributed by atoms with Crippen molar-refractivity contribution in [1.82, 2.24) is 30.8 Å². The number of nitrogens with zero attached hydrogens (tertiary/aromatic N) is 6. The Bertz CT molecular complexity index is 1520. The van der Waals surface area contributed by atoms with Gasteiger partial charge in [0.2, 0.25) is 0 Å². The maximum absolute atomic E-state index is 13.2. The van der Waals surface area contributed by atoms with E-state index in [2.05, 4.69) is 26.0 Å². The van der Waals surface area contributed by atoms with E-state index in [9.17, 15) is 29.4 Å². The number of anilines is 1.